The zero-order chi connectivity index (χ0) is 22.2. The van der Waals surface area contributed by atoms with Crippen LogP contribution in [-0.2, 0) is 0 Å². The first-order valence-corrected chi connectivity index (χ1v) is 11.3. The lowest BCUT2D eigenvalue weighted by Crippen LogP contribution is -2.19. The molecule has 0 aromatic heterocycles. The van der Waals surface area contributed by atoms with E-state index in [2.05, 4.69) is 119 Å². The first-order chi connectivity index (χ1) is 15.0. The summed E-state index contributed by atoms with van der Waals surface area (Å²) in [6.45, 7) is 8.32. The van der Waals surface area contributed by atoms with Crippen LogP contribution >= 0.6 is 0 Å². The number of allylic oxidation sites excluding steroid dienone is 1. The third-order valence-electron chi connectivity index (χ3n) is 5.59. The molecule has 3 aromatic carbocycles. The van der Waals surface area contributed by atoms with Gasteiger partial charge in [-0.05, 0) is 72.0 Å². The lowest BCUT2D eigenvalue weighted by atomic mass is 9.87. The molecule has 31 heavy (non-hydrogen) atoms. The molecule has 0 amide bonds. The number of benzene rings is 3. The zero-order valence-electron chi connectivity index (χ0n) is 19.6. The van der Waals surface area contributed by atoms with Crippen LogP contribution in [0.2, 0.25) is 0 Å². The Bertz CT molecular complexity index is 968. The predicted molar refractivity (Wildman–Crippen MR) is 134 cm³/mol. The van der Waals surface area contributed by atoms with Crippen LogP contribution < -0.4 is 4.74 Å². The molecule has 0 saturated heterocycles. The van der Waals surface area contributed by atoms with Crippen LogP contribution in [-0.4, -0.2) is 32.1 Å². The Morgan fingerprint density at radius 2 is 1.35 bits per heavy atom. The molecular weight excluding hydrogens is 378 g/mol. The van der Waals surface area contributed by atoms with Gasteiger partial charge >= 0.3 is 0 Å². The van der Waals surface area contributed by atoms with Crippen molar-refractivity contribution in [3.63, 3.8) is 0 Å². The van der Waals surface area contributed by atoms with Crippen molar-refractivity contribution in [2.75, 3.05) is 27.2 Å². The third-order valence-corrected chi connectivity index (χ3v) is 5.59. The van der Waals surface area contributed by atoms with E-state index < -0.39 is 0 Å². The van der Waals surface area contributed by atoms with Gasteiger partial charge in [-0.3, -0.25) is 0 Å². The van der Waals surface area contributed by atoms with Gasteiger partial charge in [-0.15, -0.1) is 0 Å². The summed E-state index contributed by atoms with van der Waals surface area (Å²) in [6.07, 6.45) is 0.965. The second-order valence-corrected chi connectivity index (χ2v) is 8.53. The van der Waals surface area contributed by atoms with Gasteiger partial charge in [0.1, 0.15) is 12.4 Å². The standard InChI is InChI=1S/C29H35NO/c1-6-28(24-14-12-23(13-15-24)22(2)3)29(25-10-8-7-9-11-25)26-16-18-27(19-17-26)31-21-20-30(4)5/h7-19,22H,6,20-21H2,1-5H3/b29-28-. The van der Waals surface area contributed by atoms with E-state index in [9.17, 15) is 0 Å². The summed E-state index contributed by atoms with van der Waals surface area (Å²) in [5.74, 6) is 1.45. The number of rotatable bonds is 9. The largest absolute Gasteiger partial charge is 0.492 e. The zero-order valence-corrected chi connectivity index (χ0v) is 19.6. The fourth-order valence-electron chi connectivity index (χ4n) is 3.78. The van der Waals surface area contributed by atoms with Crippen LogP contribution in [0.25, 0.3) is 11.1 Å². The van der Waals surface area contributed by atoms with Crippen molar-refractivity contribution in [1.29, 1.82) is 0 Å². The van der Waals surface area contributed by atoms with Gasteiger partial charge < -0.3 is 9.64 Å². The fraction of sp³-hybridized carbons (Fsp3) is 0.310. The van der Waals surface area contributed by atoms with Crippen molar-refractivity contribution in [2.24, 2.45) is 0 Å². The minimum absolute atomic E-state index is 0.539. The van der Waals surface area contributed by atoms with Gasteiger partial charge in [0.05, 0.1) is 0 Å². The van der Waals surface area contributed by atoms with Crippen LogP contribution in [0.5, 0.6) is 5.75 Å². The highest BCUT2D eigenvalue weighted by molar-refractivity contribution is 5.98. The smallest absolute Gasteiger partial charge is 0.119 e. The summed E-state index contributed by atoms with van der Waals surface area (Å²) >= 11 is 0. The molecule has 0 heterocycles. The van der Waals surface area contributed by atoms with Crippen molar-refractivity contribution in [3.8, 4) is 5.75 Å². The predicted octanol–water partition coefficient (Wildman–Crippen LogP) is 7.12. The highest BCUT2D eigenvalue weighted by Gasteiger charge is 2.13. The number of nitrogens with zero attached hydrogens (tertiary/aromatic N) is 1. The molecule has 2 nitrogen and oxygen atoms in total. The summed E-state index contributed by atoms with van der Waals surface area (Å²) in [5, 5.41) is 0. The Hall–Kier alpha value is -2.84. The number of ether oxygens (including phenoxy) is 1. The van der Waals surface area contributed by atoms with E-state index in [0.29, 0.717) is 12.5 Å². The maximum absolute atomic E-state index is 5.91. The van der Waals surface area contributed by atoms with Gasteiger partial charge in [0.2, 0.25) is 0 Å². The first-order valence-electron chi connectivity index (χ1n) is 11.3. The van der Waals surface area contributed by atoms with Gasteiger partial charge in [-0.25, -0.2) is 0 Å². The molecule has 0 unspecified atom stereocenters. The van der Waals surface area contributed by atoms with Crippen LogP contribution in [0, 0.1) is 0 Å². The summed E-state index contributed by atoms with van der Waals surface area (Å²) in [6, 6.07) is 28.3. The second-order valence-electron chi connectivity index (χ2n) is 8.53. The van der Waals surface area contributed by atoms with E-state index in [1.54, 1.807) is 0 Å². The fourth-order valence-corrected chi connectivity index (χ4v) is 3.78. The topological polar surface area (TPSA) is 12.5 Å². The third kappa shape index (κ3) is 6.08. The molecule has 0 aliphatic heterocycles. The van der Waals surface area contributed by atoms with Crippen LogP contribution in [0.3, 0.4) is 0 Å². The Kier molecular flexibility index (Phi) is 8.08. The quantitative estimate of drug-likeness (QED) is 0.346. The second kappa shape index (κ2) is 11.0. The highest BCUT2D eigenvalue weighted by Crippen LogP contribution is 2.35. The molecule has 0 spiro atoms. The summed E-state index contributed by atoms with van der Waals surface area (Å²) < 4.78 is 5.91. The summed E-state index contributed by atoms with van der Waals surface area (Å²) in [5.41, 5.74) is 7.78. The molecule has 0 N–H and O–H groups in total. The maximum Gasteiger partial charge on any atom is 0.119 e. The lowest BCUT2D eigenvalue weighted by Gasteiger charge is -2.18. The van der Waals surface area contributed by atoms with E-state index >= 15 is 0 Å². The normalized spacial score (nSPS) is 12.2. The van der Waals surface area contributed by atoms with Gasteiger partial charge in [0.15, 0.2) is 0 Å². The average Bonchev–Trinajstić information content (AvgIpc) is 2.78. The molecule has 3 rings (SSSR count). The number of hydrogen-bond donors (Lipinski definition) is 0. The van der Waals surface area contributed by atoms with E-state index in [-0.39, 0.29) is 0 Å². The van der Waals surface area contributed by atoms with Crippen molar-refractivity contribution in [2.45, 2.75) is 33.1 Å². The Balaban J connectivity index is 2.01. The Labute approximate surface area is 188 Å². The average molecular weight is 414 g/mol. The van der Waals surface area contributed by atoms with Crippen LogP contribution in [0.15, 0.2) is 78.9 Å². The maximum atomic E-state index is 5.91. The molecule has 2 heteroatoms. The van der Waals surface area contributed by atoms with Crippen LogP contribution in [0.4, 0.5) is 0 Å². The lowest BCUT2D eigenvalue weighted by molar-refractivity contribution is 0.261. The molecule has 3 aromatic rings. The van der Waals surface area contributed by atoms with Crippen LogP contribution in [0.1, 0.15) is 55.4 Å². The van der Waals surface area contributed by atoms with E-state index in [1.165, 1.54) is 33.4 Å². The van der Waals surface area contributed by atoms with E-state index in [1.807, 2.05) is 0 Å². The summed E-state index contributed by atoms with van der Waals surface area (Å²) in [4.78, 5) is 2.13. The number of hydrogen-bond acceptors (Lipinski definition) is 2. The van der Waals surface area contributed by atoms with Gasteiger partial charge in [-0.2, -0.15) is 0 Å². The van der Waals surface area contributed by atoms with E-state index in [0.717, 1.165) is 18.7 Å². The minimum atomic E-state index is 0.539. The molecule has 0 bridgehead atoms. The van der Waals surface area contributed by atoms with Crippen molar-refractivity contribution in [1.82, 2.24) is 4.90 Å². The molecule has 0 radical (unpaired) electrons. The highest BCUT2D eigenvalue weighted by atomic mass is 16.5. The molecule has 0 atom stereocenters. The Morgan fingerprint density at radius 3 is 1.90 bits per heavy atom. The van der Waals surface area contributed by atoms with E-state index in [4.69, 9.17) is 4.74 Å². The monoisotopic (exact) mass is 413 g/mol. The first kappa shape index (κ1) is 22.8. The van der Waals surface area contributed by atoms with Gasteiger partial charge in [-0.1, -0.05) is 87.5 Å². The van der Waals surface area contributed by atoms with Gasteiger partial charge in [0.25, 0.3) is 0 Å². The molecule has 0 fully saturated rings. The molecule has 0 aliphatic rings. The Morgan fingerprint density at radius 1 is 0.774 bits per heavy atom. The summed E-state index contributed by atoms with van der Waals surface area (Å²) in [7, 11) is 4.12. The molecule has 0 aliphatic carbocycles. The number of likely N-dealkylation sites (N-methyl/N-ethyl adjacent to an activating group) is 1. The molecule has 162 valence electrons. The van der Waals surface area contributed by atoms with Gasteiger partial charge in [0, 0.05) is 6.54 Å². The van der Waals surface area contributed by atoms with Crippen molar-refractivity contribution >= 4 is 11.1 Å². The minimum Gasteiger partial charge on any atom is -0.492 e. The molecule has 0 saturated carbocycles. The van der Waals surface area contributed by atoms with Crippen molar-refractivity contribution < 1.29 is 4.74 Å². The SMILES string of the molecule is CC/C(=C(\c1ccccc1)c1ccc(OCCN(C)C)cc1)c1ccc(C(C)C)cc1. The van der Waals surface area contributed by atoms with Crippen molar-refractivity contribution in [3.05, 3.63) is 101 Å². The molecular formula is C29H35NO.